The van der Waals surface area contributed by atoms with Crippen LogP contribution in [0.15, 0.2) is 54.7 Å². The predicted octanol–water partition coefficient (Wildman–Crippen LogP) is 3.10. The van der Waals surface area contributed by atoms with E-state index in [-0.39, 0.29) is 13.0 Å². The van der Waals surface area contributed by atoms with Crippen LogP contribution in [-0.2, 0) is 22.6 Å². The Morgan fingerprint density at radius 3 is 2.67 bits per heavy atom. The Bertz CT molecular complexity index is 936. The Morgan fingerprint density at radius 1 is 1.19 bits per heavy atom. The number of carbonyl (C=O) groups excluding carboxylic acids is 1. The van der Waals surface area contributed by atoms with Crippen molar-refractivity contribution in [2.75, 3.05) is 7.11 Å². The quantitative estimate of drug-likeness (QED) is 0.595. The first-order valence-corrected chi connectivity index (χ1v) is 8.41. The van der Waals surface area contributed by atoms with Gasteiger partial charge in [-0.05, 0) is 23.3 Å². The lowest BCUT2D eigenvalue weighted by molar-refractivity contribution is -0.139. The van der Waals surface area contributed by atoms with E-state index >= 15 is 0 Å². The lowest BCUT2D eigenvalue weighted by Gasteiger charge is -2.14. The van der Waals surface area contributed by atoms with Crippen LogP contribution in [0.5, 0.6) is 5.75 Å². The highest BCUT2D eigenvalue weighted by atomic mass is 16.5. The van der Waals surface area contributed by atoms with Gasteiger partial charge >= 0.3 is 12.1 Å². The Kier molecular flexibility index (Phi) is 5.61. The lowest BCUT2D eigenvalue weighted by Crippen LogP contribution is -2.42. The maximum atomic E-state index is 12.0. The number of aromatic amines is 1. The minimum atomic E-state index is -1.13. The van der Waals surface area contributed by atoms with E-state index in [2.05, 4.69) is 10.3 Å². The number of fused-ring (bicyclic) bond motifs is 1. The fraction of sp³-hybridized carbons (Fsp3) is 0.200. The molecule has 0 aliphatic carbocycles. The SMILES string of the molecule is COc1ccc2c(C[C@H](NC(=O)OCc3ccccc3)C(=O)O)c[nH]c2c1. The molecule has 0 aliphatic heterocycles. The zero-order chi connectivity index (χ0) is 19.2. The summed E-state index contributed by atoms with van der Waals surface area (Å²) in [6.07, 6.45) is 1.09. The van der Waals surface area contributed by atoms with Gasteiger partial charge in [0.05, 0.1) is 7.11 Å². The fourth-order valence-electron chi connectivity index (χ4n) is 2.79. The van der Waals surface area contributed by atoms with Crippen LogP contribution in [0.2, 0.25) is 0 Å². The summed E-state index contributed by atoms with van der Waals surface area (Å²) in [6, 6.07) is 13.6. The summed E-state index contributed by atoms with van der Waals surface area (Å²) in [7, 11) is 1.58. The third kappa shape index (κ3) is 4.58. The molecule has 1 amide bonds. The van der Waals surface area contributed by atoms with Crippen LogP contribution in [0, 0.1) is 0 Å². The van der Waals surface area contributed by atoms with Crippen LogP contribution < -0.4 is 10.1 Å². The summed E-state index contributed by atoms with van der Waals surface area (Å²) in [5.41, 5.74) is 2.44. The number of nitrogens with one attached hydrogen (secondary N) is 2. The molecule has 2 aromatic carbocycles. The average Bonchev–Trinajstić information content (AvgIpc) is 3.08. The number of aromatic nitrogens is 1. The van der Waals surface area contributed by atoms with Crippen molar-refractivity contribution < 1.29 is 24.2 Å². The highest BCUT2D eigenvalue weighted by Gasteiger charge is 2.22. The number of aliphatic carboxylic acids is 1. The molecular formula is C20H20N2O5. The number of alkyl carbamates (subject to hydrolysis) is 1. The van der Waals surface area contributed by atoms with E-state index in [4.69, 9.17) is 9.47 Å². The fourth-order valence-corrected chi connectivity index (χ4v) is 2.79. The third-order valence-corrected chi connectivity index (χ3v) is 4.20. The maximum absolute atomic E-state index is 12.0. The molecular weight excluding hydrogens is 348 g/mol. The first kappa shape index (κ1) is 18.3. The maximum Gasteiger partial charge on any atom is 0.408 e. The van der Waals surface area contributed by atoms with Gasteiger partial charge in [0.1, 0.15) is 18.4 Å². The van der Waals surface area contributed by atoms with Gasteiger partial charge in [-0.2, -0.15) is 0 Å². The predicted molar refractivity (Wildman–Crippen MR) is 99.7 cm³/mol. The monoisotopic (exact) mass is 368 g/mol. The van der Waals surface area contributed by atoms with Crippen LogP contribution in [0.1, 0.15) is 11.1 Å². The van der Waals surface area contributed by atoms with Crippen molar-refractivity contribution in [2.24, 2.45) is 0 Å². The van der Waals surface area contributed by atoms with Crippen LogP contribution in [-0.4, -0.2) is 35.3 Å². The molecule has 0 saturated carbocycles. The molecule has 1 atom stereocenters. The number of carboxylic acid groups (broad SMARTS) is 1. The minimum absolute atomic E-state index is 0.0753. The van der Waals surface area contributed by atoms with E-state index in [1.54, 1.807) is 19.4 Å². The van der Waals surface area contributed by atoms with Crippen molar-refractivity contribution >= 4 is 23.0 Å². The Hall–Kier alpha value is -3.48. The highest BCUT2D eigenvalue weighted by Crippen LogP contribution is 2.24. The van der Waals surface area contributed by atoms with Crippen LogP contribution >= 0.6 is 0 Å². The summed E-state index contributed by atoms with van der Waals surface area (Å²) < 4.78 is 10.3. The van der Waals surface area contributed by atoms with Gasteiger partial charge in [-0.3, -0.25) is 0 Å². The molecule has 0 spiro atoms. The molecule has 1 aromatic heterocycles. The zero-order valence-electron chi connectivity index (χ0n) is 14.8. The number of H-pyrrole nitrogens is 1. The molecule has 0 aliphatic rings. The summed E-state index contributed by atoms with van der Waals surface area (Å²) in [5.74, 6) is -0.428. The largest absolute Gasteiger partial charge is 0.497 e. The Balaban J connectivity index is 1.65. The van der Waals surface area contributed by atoms with Crippen molar-refractivity contribution in [2.45, 2.75) is 19.1 Å². The molecule has 0 radical (unpaired) electrons. The van der Waals surface area contributed by atoms with Crippen LogP contribution in [0.25, 0.3) is 10.9 Å². The molecule has 140 valence electrons. The average molecular weight is 368 g/mol. The second kappa shape index (κ2) is 8.27. The number of methoxy groups -OCH3 is 1. The number of hydrogen-bond acceptors (Lipinski definition) is 4. The molecule has 0 saturated heterocycles. The van der Waals surface area contributed by atoms with E-state index in [1.165, 1.54) is 0 Å². The molecule has 27 heavy (non-hydrogen) atoms. The van der Waals surface area contributed by atoms with Crippen molar-refractivity contribution in [1.29, 1.82) is 0 Å². The van der Waals surface area contributed by atoms with E-state index in [0.29, 0.717) is 5.75 Å². The zero-order valence-corrected chi connectivity index (χ0v) is 14.8. The number of carbonyl (C=O) groups is 2. The van der Waals surface area contributed by atoms with Gasteiger partial charge in [0.25, 0.3) is 0 Å². The molecule has 3 aromatic rings. The standard InChI is InChI=1S/C20H20N2O5/c1-26-15-7-8-16-14(11-21-17(16)10-15)9-18(19(23)24)22-20(25)27-12-13-5-3-2-4-6-13/h2-8,10-11,18,21H,9,12H2,1H3,(H,22,25)(H,23,24)/t18-/m0/s1. The Labute approximate surface area is 155 Å². The third-order valence-electron chi connectivity index (χ3n) is 4.20. The summed E-state index contributed by atoms with van der Waals surface area (Å²) in [6.45, 7) is 0.0753. The topological polar surface area (TPSA) is 101 Å². The van der Waals surface area contributed by atoms with Crippen molar-refractivity contribution in [3.63, 3.8) is 0 Å². The van der Waals surface area contributed by atoms with E-state index in [0.717, 1.165) is 22.0 Å². The normalized spacial score (nSPS) is 11.7. The molecule has 7 heteroatoms. The van der Waals surface area contributed by atoms with Gasteiger partial charge in [-0.1, -0.05) is 30.3 Å². The first-order valence-electron chi connectivity index (χ1n) is 8.41. The molecule has 3 rings (SSSR count). The van der Waals surface area contributed by atoms with E-state index < -0.39 is 18.1 Å². The van der Waals surface area contributed by atoms with Gasteiger partial charge in [-0.15, -0.1) is 0 Å². The summed E-state index contributed by atoms with van der Waals surface area (Å²) in [5, 5.41) is 12.7. The van der Waals surface area contributed by atoms with Gasteiger partial charge in [-0.25, -0.2) is 9.59 Å². The highest BCUT2D eigenvalue weighted by molar-refractivity contribution is 5.86. The van der Waals surface area contributed by atoms with Crippen LogP contribution in [0.4, 0.5) is 4.79 Å². The molecule has 0 unspecified atom stereocenters. The van der Waals surface area contributed by atoms with Crippen molar-refractivity contribution in [1.82, 2.24) is 10.3 Å². The number of ether oxygens (including phenoxy) is 2. The summed E-state index contributed by atoms with van der Waals surface area (Å²) >= 11 is 0. The molecule has 3 N–H and O–H groups in total. The number of amides is 1. The smallest absolute Gasteiger partial charge is 0.408 e. The number of hydrogen-bond donors (Lipinski definition) is 3. The molecule has 0 bridgehead atoms. The van der Waals surface area contributed by atoms with E-state index in [9.17, 15) is 14.7 Å². The van der Waals surface area contributed by atoms with Gasteiger partial charge in [0.15, 0.2) is 0 Å². The van der Waals surface area contributed by atoms with Gasteiger partial charge in [0.2, 0.25) is 0 Å². The number of carboxylic acids is 1. The van der Waals surface area contributed by atoms with Gasteiger partial charge in [0, 0.05) is 29.6 Å². The molecule has 1 heterocycles. The lowest BCUT2D eigenvalue weighted by atomic mass is 10.1. The molecule has 7 nitrogen and oxygen atoms in total. The van der Waals surface area contributed by atoms with E-state index in [1.807, 2.05) is 42.5 Å². The number of benzene rings is 2. The minimum Gasteiger partial charge on any atom is -0.497 e. The second-order valence-electron chi connectivity index (χ2n) is 6.03. The van der Waals surface area contributed by atoms with Gasteiger partial charge < -0.3 is 24.9 Å². The summed E-state index contributed by atoms with van der Waals surface area (Å²) in [4.78, 5) is 26.6. The molecule has 0 fully saturated rings. The Morgan fingerprint density at radius 2 is 1.96 bits per heavy atom. The van der Waals surface area contributed by atoms with Crippen LogP contribution in [0.3, 0.4) is 0 Å². The number of rotatable bonds is 7. The van der Waals surface area contributed by atoms with Crippen molar-refractivity contribution in [3.8, 4) is 5.75 Å². The van der Waals surface area contributed by atoms with Crippen molar-refractivity contribution in [3.05, 3.63) is 65.9 Å². The first-order chi connectivity index (χ1) is 13.1. The second-order valence-corrected chi connectivity index (χ2v) is 6.03.